The largest absolute Gasteiger partial charge is 0.496 e. The summed E-state index contributed by atoms with van der Waals surface area (Å²) in [6.45, 7) is 1.16. The zero-order chi connectivity index (χ0) is 19.0. The van der Waals surface area contributed by atoms with E-state index in [-0.39, 0.29) is 23.1 Å². The van der Waals surface area contributed by atoms with Crippen molar-refractivity contribution in [2.24, 2.45) is 0 Å². The van der Waals surface area contributed by atoms with E-state index in [2.05, 4.69) is 4.98 Å². The normalized spacial score (nSPS) is 12.6. The lowest BCUT2D eigenvalue weighted by Gasteiger charge is -2.21. The lowest BCUT2D eigenvalue weighted by atomic mass is 10.1. The third kappa shape index (κ3) is 2.89. The van der Waals surface area contributed by atoms with Gasteiger partial charge in [0.1, 0.15) is 30.6 Å². The molecular formula is C19H15N3O5. The van der Waals surface area contributed by atoms with Crippen molar-refractivity contribution in [1.29, 1.82) is 5.26 Å². The number of fused-ring (bicyclic) bond motifs is 2. The quantitative estimate of drug-likeness (QED) is 0.752. The standard InChI is InChI=1S/C19H15N3O5/c1-25-15-8-17-16(26-4-5-27-17)7-12(15)10-22-3-2-14-13(19(22)24)6-11(9-20)18(23)21-14/h2-3,6-8H,4-5,10H2,1H3,(H,21,23). The Labute approximate surface area is 153 Å². The van der Waals surface area contributed by atoms with E-state index in [1.54, 1.807) is 37.6 Å². The van der Waals surface area contributed by atoms with Crippen LogP contribution in [-0.2, 0) is 6.54 Å². The number of rotatable bonds is 3. The van der Waals surface area contributed by atoms with E-state index < -0.39 is 5.56 Å². The van der Waals surface area contributed by atoms with E-state index in [1.165, 1.54) is 10.6 Å². The van der Waals surface area contributed by atoms with Crippen molar-refractivity contribution in [3.05, 3.63) is 62.3 Å². The van der Waals surface area contributed by atoms with E-state index in [1.807, 2.05) is 0 Å². The summed E-state index contributed by atoms with van der Waals surface area (Å²) in [7, 11) is 1.54. The average molecular weight is 365 g/mol. The molecule has 1 aliphatic heterocycles. The van der Waals surface area contributed by atoms with Gasteiger partial charge in [0.25, 0.3) is 11.1 Å². The van der Waals surface area contributed by atoms with Crippen LogP contribution in [-0.4, -0.2) is 29.9 Å². The fourth-order valence-electron chi connectivity index (χ4n) is 3.06. The molecule has 8 heteroatoms. The minimum atomic E-state index is -0.518. The van der Waals surface area contributed by atoms with Crippen LogP contribution in [0, 0.1) is 11.3 Å². The summed E-state index contributed by atoms with van der Waals surface area (Å²) in [6, 6.07) is 8.26. The number of pyridine rings is 2. The fourth-order valence-corrected chi connectivity index (χ4v) is 3.06. The van der Waals surface area contributed by atoms with Gasteiger partial charge in [-0.2, -0.15) is 5.26 Å². The number of hydrogen-bond acceptors (Lipinski definition) is 6. The number of aromatic amines is 1. The maximum absolute atomic E-state index is 12.8. The molecule has 0 amide bonds. The summed E-state index contributed by atoms with van der Waals surface area (Å²) >= 11 is 0. The number of H-pyrrole nitrogens is 1. The van der Waals surface area contributed by atoms with E-state index in [4.69, 9.17) is 19.5 Å². The van der Waals surface area contributed by atoms with Crippen LogP contribution in [0.5, 0.6) is 17.2 Å². The molecule has 0 unspecified atom stereocenters. The average Bonchev–Trinajstić information content (AvgIpc) is 2.69. The maximum atomic E-state index is 12.8. The third-order valence-electron chi connectivity index (χ3n) is 4.39. The van der Waals surface area contributed by atoms with E-state index in [0.29, 0.717) is 36.0 Å². The van der Waals surface area contributed by atoms with Gasteiger partial charge in [-0.1, -0.05) is 0 Å². The number of benzene rings is 1. The summed E-state index contributed by atoms with van der Waals surface area (Å²) in [6.07, 6.45) is 1.59. The Bertz CT molecular complexity index is 1200. The Hall–Kier alpha value is -3.73. The van der Waals surface area contributed by atoms with Crippen molar-refractivity contribution in [2.45, 2.75) is 6.54 Å². The highest BCUT2D eigenvalue weighted by molar-refractivity contribution is 5.78. The molecule has 4 rings (SSSR count). The van der Waals surface area contributed by atoms with Gasteiger partial charge < -0.3 is 23.8 Å². The molecule has 0 saturated carbocycles. The van der Waals surface area contributed by atoms with Crippen LogP contribution in [0.25, 0.3) is 10.9 Å². The number of aromatic nitrogens is 2. The van der Waals surface area contributed by atoms with Gasteiger partial charge in [-0.3, -0.25) is 9.59 Å². The molecule has 1 aromatic carbocycles. The molecule has 27 heavy (non-hydrogen) atoms. The first-order valence-corrected chi connectivity index (χ1v) is 8.24. The molecule has 0 fully saturated rings. The molecule has 0 bridgehead atoms. The van der Waals surface area contributed by atoms with Crippen molar-refractivity contribution < 1.29 is 14.2 Å². The predicted molar refractivity (Wildman–Crippen MR) is 96.6 cm³/mol. The minimum absolute atomic E-state index is 0.103. The molecule has 3 aromatic rings. The predicted octanol–water partition coefficient (Wildman–Crippen LogP) is 1.39. The first-order chi connectivity index (χ1) is 13.1. The van der Waals surface area contributed by atoms with Crippen molar-refractivity contribution >= 4 is 10.9 Å². The zero-order valence-corrected chi connectivity index (χ0v) is 14.4. The van der Waals surface area contributed by atoms with Crippen molar-refractivity contribution in [3.63, 3.8) is 0 Å². The number of nitrogens with one attached hydrogen (secondary N) is 1. The second-order valence-electron chi connectivity index (χ2n) is 6.01. The van der Waals surface area contributed by atoms with E-state index in [9.17, 15) is 9.59 Å². The van der Waals surface area contributed by atoms with Gasteiger partial charge in [0.05, 0.1) is 24.6 Å². The highest BCUT2D eigenvalue weighted by atomic mass is 16.6. The molecule has 2 aromatic heterocycles. The SMILES string of the molecule is COc1cc2c(cc1Cn1ccc3[nH]c(=O)c(C#N)cc3c1=O)OCCO2. The Kier molecular flexibility index (Phi) is 4.05. The Morgan fingerprint density at radius 2 is 1.96 bits per heavy atom. The maximum Gasteiger partial charge on any atom is 0.266 e. The molecule has 8 nitrogen and oxygen atoms in total. The molecule has 136 valence electrons. The summed E-state index contributed by atoms with van der Waals surface area (Å²) in [5.41, 5.74) is 0.185. The summed E-state index contributed by atoms with van der Waals surface area (Å²) in [4.78, 5) is 27.1. The van der Waals surface area contributed by atoms with Gasteiger partial charge in [-0.15, -0.1) is 0 Å². The van der Waals surface area contributed by atoms with Gasteiger partial charge in [0.2, 0.25) is 0 Å². The van der Waals surface area contributed by atoms with Gasteiger partial charge in [0.15, 0.2) is 11.5 Å². The van der Waals surface area contributed by atoms with Gasteiger partial charge in [0, 0.05) is 17.8 Å². The van der Waals surface area contributed by atoms with Crippen LogP contribution in [0.15, 0.2) is 40.1 Å². The topological polar surface area (TPSA) is 106 Å². The lowest BCUT2D eigenvalue weighted by molar-refractivity contribution is 0.170. The second kappa shape index (κ2) is 6.53. The highest BCUT2D eigenvalue weighted by Gasteiger charge is 2.17. The number of ether oxygens (including phenoxy) is 3. The van der Waals surface area contributed by atoms with Crippen molar-refractivity contribution in [1.82, 2.24) is 9.55 Å². The monoisotopic (exact) mass is 365 g/mol. The van der Waals surface area contributed by atoms with Crippen LogP contribution in [0.4, 0.5) is 0 Å². The number of hydrogen-bond donors (Lipinski definition) is 1. The van der Waals surface area contributed by atoms with Crippen LogP contribution in [0.1, 0.15) is 11.1 Å². The summed E-state index contributed by atoms with van der Waals surface area (Å²) in [5.74, 6) is 1.77. The zero-order valence-electron chi connectivity index (χ0n) is 14.4. The first kappa shape index (κ1) is 16.7. The number of nitriles is 1. The van der Waals surface area contributed by atoms with Crippen molar-refractivity contribution in [3.8, 4) is 23.3 Å². The third-order valence-corrected chi connectivity index (χ3v) is 4.39. The number of nitrogens with zero attached hydrogens (tertiary/aromatic N) is 2. The van der Waals surface area contributed by atoms with Gasteiger partial charge in [-0.25, -0.2) is 0 Å². The molecule has 3 heterocycles. The molecule has 0 radical (unpaired) electrons. The Balaban J connectivity index is 1.81. The fraction of sp³-hybridized carbons (Fsp3) is 0.211. The van der Waals surface area contributed by atoms with Crippen LogP contribution in [0.3, 0.4) is 0 Å². The molecule has 0 spiro atoms. The minimum Gasteiger partial charge on any atom is -0.496 e. The highest BCUT2D eigenvalue weighted by Crippen LogP contribution is 2.36. The molecule has 1 aliphatic rings. The number of methoxy groups -OCH3 is 1. The molecular weight excluding hydrogens is 350 g/mol. The van der Waals surface area contributed by atoms with Gasteiger partial charge in [-0.05, 0) is 18.2 Å². The van der Waals surface area contributed by atoms with Crippen LogP contribution < -0.4 is 25.3 Å². The van der Waals surface area contributed by atoms with Crippen molar-refractivity contribution in [2.75, 3.05) is 20.3 Å². The molecule has 0 aliphatic carbocycles. The summed E-state index contributed by atoms with van der Waals surface area (Å²) < 4.78 is 18.1. The second-order valence-corrected chi connectivity index (χ2v) is 6.01. The molecule has 0 saturated heterocycles. The lowest BCUT2D eigenvalue weighted by Crippen LogP contribution is -2.23. The molecule has 1 N–H and O–H groups in total. The Morgan fingerprint density at radius 3 is 2.67 bits per heavy atom. The molecule has 0 atom stereocenters. The first-order valence-electron chi connectivity index (χ1n) is 8.24. The summed E-state index contributed by atoms with van der Waals surface area (Å²) in [5, 5.41) is 9.30. The van der Waals surface area contributed by atoms with Crippen LogP contribution >= 0.6 is 0 Å². The van der Waals surface area contributed by atoms with Gasteiger partial charge >= 0.3 is 0 Å². The van der Waals surface area contributed by atoms with Crippen LogP contribution in [0.2, 0.25) is 0 Å². The smallest absolute Gasteiger partial charge is 0.266 e. The van der Waals surface area contributed by atoms with E-state index >= 15 is 0 Å². The van der Waals surface area contributed by atoms with E-state index in [0.717, 1.165) is 5.56 Å². The Morgan fingerprint density at radius 1 is 1.22 bits per heavy atom.